The Morgan fingerprint density at radius 1 is 1.42 bits per heavy atom. The van der Waals surface area contributed by atoms with Gasteiger partial charge < -0.3 is 10.2 Å². The molecule has 4 heteroatoms. The van der Waals surface area contributed by atoms with Crippen LogP contribution in [0.2, 0.25) is 0 Å². The predicted molar refractivity (Wildman–Crippen MR) is 84.0 cm³/mol. The Labute approximate surface area is 128 Å². The molecule has 0 bridgehead atoms. The lowest BCUT2D eigenvalue weighted by Gasteiger charge is -2.35. The molecule has 0 spiro atoms. The summed E-state index contributed by atoms with van der Waals surface area (Å²) in [4.78, 5) is 4.77. The maximum absolute atomic E-state index is 10.4. The molecular formula is C15H22INO2. The fourth-order valence-electron chi connectivity index (χ4n) is 2.93. The minimum atomic E-state index is -0.468. The molecule has 1 atom stereocenters. The summed E-state index contributed by atoms with van der Waals surface area (Å²) in [6, 6.07) is 0. The van der Waals surface area contributed by atoms with E-state index in [1.54, 1.807) is 0 Å². The molecule has 2 N–H and O–H groups in total. The SMILES string of the molecule is CC(C)c1nc2c(c(I)c1CO)C(O)CC(C)(C)C2. The fourth-order valence-corrected chi connectivity index (χ4v) is 4.04. The van der Waals surface area contributed by atoms with Crippen molar-refractivity contribution in [3.05, 3.63) is 26.1 Å². The highest BCUT2D eigenvalue weighted by molar-refractivity contribution is 14.1. The van der Waals surface area contributed by atoms with E-state index < -0.39 is 6.10 Å². The second kappa shape index (κ2) is 5.30. The van der Waals surface area contributed by atoms with Gasteiger partial charge in [0.05, 0.1) is 12.7 Å². The number of hydrogen-bond donors (Lipinski definition) is 2. The second-order valence-electron chi connectivity index (χ2n) is 6.52. The van der Waals surface area contributed by atoms with Crippen LogP contribution in [0.1, 0.15) is 68.7 Å². The largest absolute Gasteiger partial charge is 0.392 e. The van der Waals surface area contributed by atoms with Crippen LogP contribution in [-0.2, 0) is 13.0 Å². The Kier molecular flexibility index (Phi) is 4.23. The number of fused-ring (bicyclic) bond motifs is 1. The van der Waals surface area contributed by atoms with Gasteiger partial charge in [0, 0.05) is 26.1 Å². The molecule has 0 aliphatic heterocycles. The standard InChI is InChI=1S/C15H22INO2/c1-8(2)14-9(7-18)13(16)12-10(17-14)5-15(3,4)6-11(12)19/h8,11,18-19H,5-7H2,1-4H3. The first kappa shape index (κ1) is 15.2. The topological polar surface area (TPSA) is 53.4 Å². The number of rotatable bonds is 2. The van der Waals surface area contributed by atoms with Gasteiger partial charge in [-0.15, -0.1) is 0 Å². The number of pyridine rings is 1. The zero-order valence-electron chi connectivity index (χ0n) is 12.0. The molecule has 3 nitrogen and oxygen atoms in total. The molecule has 0 aromatic carbocycles. The van der Waals surface area contributed by atoms with Gasteiger partial charge in [-0.05, 0) is 46.8 Å². The number of hydrogen-bond acceptors (Lipinski definition) is 3. The van der Waals surface area contributed by atoms with Crippen LogP contribution in [0.3, 0.4) is 0 Å². The van der Waals surface area contributed by atoms with Gasteiger partial charge in [0.25, 0.3) is 0 Å². The molecule has 1 aromatic rings. The normalized spacial score (nSPS) is 21.6. The highest BCUT2D eigenvalue weighted by Gasteiger charge is 2.35. The van der Waals surface area contributed by atoms with E-state index in [2.05, 4.69) is 50.3 Å². The van der Waals surface area contributed by atoms with Crippen LogP contribution in [0.4, 0.5) is 0 Å². The molecule has 1 aliphatic rings. The molecule has 0 radical (unpaired) electrons. The summed E-state index contributed by atoms with van der Waals surface area (Å²) in [5.41, 5.74) is 3.88. The average molecular weight is 375 g/mol. The van der Waals surface area contributed by atoms with E-state index in [1.807, 2.05) is 0 Å². The van der Waals surface area contributed by atoms with Gasteiger partial charge in [-0.25, -0.2) is 0 Å². The molecule has 1 unspecified atom stereocenters. The minimum Gasteiger partial charge on any atom is -0.392 e. The lowest BCUT2D eigenvalue weighted by Crippen LogP contribution is -2.28. The van der Waals surface area contributed by atoms with E-state index in [9.17, 15) is 10.2 Å². The summed E-state index contributed by atoms with van der Waals surface area (Å²) >= 11 is 2.25. The number of aliphatic hydroxyl groups is 2. The molecule has 0 amide bonds. The first-order valence-electron chi connectivity index (χ1n) is 6.77. The van der Waals surface area contributed by atoms with Crippen molar-refractivity contribution in [2.75, 3.05) is 0 Å². The zero-order valence-corrected chi connectivity index (χ0v) is 14.2. The van der Waals surface area contributed by atoms with E-state index in [4.69, 9.17) is 4.98 Å². The highest BCUT2D eigenvalue weighted by Crippen LogP contribution is 2.43. The Hall–Kier alpha value is -0.200. The summed E-state index contributed by atoms with van der Waals surface area (Å²) < 4.78 is 0.997. The lowest BCUT2D eigenvalue weighted by atomic mass is 9.74. The number of halogens is 1. The van der Waals surface area contributed by atoms with Crippen LogP contribution in [0, 0.1) is 8.99 Å². The van der Waals surface area contributed by atoms with Gasteiger partial charge in [0.1, 0.15) is 0 Å². The third-order valence-electron chi connectivity index (χ3n) is 3.81. The quantitative estimate of drug-likeness (QED) is 0.780. The molecule has 106 valence electrons. The molecule has 0 fully saturated rings. The number of nitrogens with zero attached hydrogens (tertiary/aromatic N) is 1. The van der Waals surface area contributed by atoms with Crippen molar-refractivity contribution >= 4 is 22.6 Å². The summed E-state index contributed by atoms with van der Waals surface area (Å²) in [5.74, 6) is 0.281. The highest BCUT2D eigenvalue weighted by atomic mass is 127. The Bertz CT molecular complexity index is 497. The molecule has 0 saturated heterocycles. The Balaban J connectivity index is 2.65. The molecule has 2 rings (SSSR count). The average Bonchev–Trinajstić information content (AvgIpc) is 2.25. The van der Waals surface area contributed by atoms with Crippen LogP contribution < -0.4 is 0 Å². The first-order chi connectivity index (χ1) is 8.76. The molecule has 19 heavy (non-hydrogen) atoms. The van der Waals surface area contributed by atoms with Crippen molar-refractivity contribution < 1.29 is 10.2 Å². The van der Waals surface area contributed by atoms with Crippen LogP contribution >= 0.6 is 22.6 Å². The van der Waals surface area contributed by atoms with Gasteiger partial charge in [0.15, 0.2) is 0 Å². The van der Waals surface area contributed by atoms with E-state index in [0.717, 1.165) is 38.9 Å². The first-order valence-corrected chi connectivity index (χ1v) is 7.84. The monoisotopic (exact) mass is 375 g/mol. The minimum absolute atomic E-state index is 0.0117. The number of aliphatic hydroxyl groups excluding tert-OH is 2. The fraction of sp³-hybridized carbons (Fsp3) is 0.667. The molecular weight excluding hydrogens is 353 g/mol. The van der Waals surface area contributed by atoms with Crippen LogP contribution in [0.15, 0.2) is 0 Å². The van der Waals surface area contributed by atoms with Crippen molar-refractivity contribution in [2.24, 2.45) is 5.41 Å². The third kappa shape index (κ3) is 2.81. The predicted octanol–water partition coefficient (Wildman–Crippen LogP) is 3.31. The van der Waals surface area contributed by atoms with Crippen LogP contribution in [0.25, 0.3) is 0 Å². The van der Waals surface area contributed by atoms with Gasteiger partial charge in [-0.1, -0.05) is 27.7 Å². The summed E-state index contributed by atoms with van der Waals surface area (Å²) in [7, 11) is 0. The zero-order chi connectivity index (χ0) is 14.4. The lowest BCUT2D eigenvalue weighted by molar-refractivity contribution is 0.0968. The van der Waals surface area contributed by atoms with E-state index in [0.29, 0.717) is 0 Å². The molecule has 1 aromatic heterocycles. The van der Waals surface area contributed by atoms with Crippen LogP contribution in [-0.4, -0.2) is 15.2 Å². The molecule has 1 heterocycles. The van der Waals surface area contributed by atoms with Crippen molar-refractivity contribution in [2.45, 2.75) is 59.2 Å². The molecule has 1 aliphatic carbocycles. The third-order valence-corrected chi connectivity index (χ3v) is 5.04. The van der Waals surface area contributed by atoms with Gasteiger partial charge in [-0.3, -0.25) is 4.98 Å². The maximum Gasteiger partial charge on any atom is 0.0823 e. The Morgan fingerprint density at radius 3 is 2.58 bits per heavy atom. The van der Waals surface area contributed by atoms with Crippen molar-refractivity contribution in [3.63, 3.8) is 0 Å². The number of aromatic nitrogens is 1. The Morgan fingerprint density at radius 2 is 2.05 bits per heavy atom. The van der Waals surface area contributed by atoms with Crippen molar-refractivity contribution in [3.8, 4) is 0 Å². The van der Waals surface area contributed by atoms with E-state index in [-0.39, 0.29) is 17.9 Å². The van der Waals surface area contributed by atoms with Crippen LogP contribution in [0.5, 0.6) is 0 Å². The summed E-state index contributed by atoms with van der Waals surface area (Å²) in [5, 5.41) is 20.0. The van der Waals surface area contributed by atoms with Crippen molar-refractivity contribution in [1.29, 1.82) is 0 Å². The maximum atomic E-state index is 10.4. The van der Waals surface area contributed by atoms with E-state index in [1.165, 1.54) is 0 Å². The summed E-state index contributed by atoms with van der Waals surface area (Å²) in [6.07, 6.45) is 1.18. The van der Waals surface area contributed by atoms with E-state index >= 15 is 0 Å². The van der Waals surface area contributed by atoms with Gasteiger partial charge in [-0.2, -0.15) is 0 Å². The van der Waals surface area contributed by atoms with Gasteiger partial charge in [0.2, 0.25) is 0 Å². The second-order valence-corrected chi connectivity index (χ2v) is 7.60. The smallest absolute Gasteiger partial charge is 0.0823 e. The van der Waals surface area contributed by atoms with Gasteiger partial charge >= 0.3 is 0 Å². The molecule has 0 saturated carbocycles. The summed E-state index contributed by atoms with van der Waals surface area (Å²) in [6.45, 7) is 8.51. The van der Waals surface area contributed by atoms with Crippen molar-refractivity contribution in [1.82, 2.24) is 4.98 Å².